The Hall–Kier alpha value is -1.17. The van der Waals surface area contributed by atoms with Crippen molar-refractivity contribution in [1.29, 1.82) is 0 Å². The Kier molecular flexibility index (Phi) is 5.13. The molecule has 1 N–H and O–H groups in total. The molecule has 0 aliphatic carbocycles. The second-order valence-electron chi connectivity index (χ2n) is 4.64. The zero-order valence-corrected chi connectivity index (χ0v) is 12.5. The molecule has 0 unspecified atom stereocenters. The Morgan fingerprint density at radius 1 is 1.32 bits per heavy atom. The lowest BCUT2D eigenvalue weighted by molar-refractivity contribution is 0.672. The zero-order valence-electron chi connectivity index (χ0n) is 11.7. The van der Waals surface area contributed by atoms with Gasteiger partial charge in [-0.1, -0.05) is 13.8 Å². The van der Waals surface area contributed by atoms with Crippen LogP contribution in [0.25, 0.3) is 0 Å². The average molecular weight is 282 g/mol. The fraction of sp³-hybridized carbons (Fsp3) is 0.692. The molecule has 106 valence electrons. The van der Waals surface area contributed by atoms with Crippen LogP contribution in [0.5, 0.6) is 0 Å². The monoisotopic (exact) mass is 282 g/mol. The van der Waals surface area contributed by atoms with Crippen molar-refractivity contribution in [2.75, 3.05) is 41.4 Å². The minimum Gasteiger partial charge on any atom is -0.370 e. The summed E-state index contributed by atoms with van der Waals surface area (Å²) < 4.78 is 11.4. The molecule has 0 radical (unpaired) electrons. The summed E-state index contributed by atoms with van der Waals surface area (Å²) in [6.07, 6.45) is 3.60. The second-order valence-corrected chi connectivity index (χ2v) is 6.34. The van der Waals surface area contributed by atoms with E-state index in [-0.39, 0.29) is 0 Å². The molecule has 1 aromatic rings. The Balaban J connectivity index is 2.21. The molecule has 0 atom stereocenters. The maximum absolute atomic E-state index is 11.4. The SMILES string of the molecule is CCCNc1ncnc(N2CCS(=O)CC2)c1CC. The molecule has 0 bridgehead atoms. The molecule has 1 saturated heterocycles. The second kappa shape index (κ2) is 6.84. The minimum atomic E-state index is -0.654. The first-order valence-electron chi connectivity index (χ1n) is 6.94. The highest BCUT2D eigenvalue weighted by atomic mass is 32.2. The van der Waals surface area contributed by atoms with Gasteiger partial charge in [-0.3, -0.25) is 4.21 Å². The van der Waals surface area contributed by atoms with Gasteiger partial charge in [0.1, 0.15) is 18.0 Å². The summed E-state index contributed by atoms with van der Waals surface area (Å²) in [6.45, 7) is 6.84. The van der Waals surface area contributed by atoms with E-state index in [0.29, 0.717) is 0 Å². The van der Waals surface area contributed by atoms with Crippen LogP contribution in [0.4, 0.5) is 11.6 Å². The number of nitrogens with zero attached hydrogens (tertiary/aromatic N) is 3. The van der Waals surface area contributed by atoms with Crippen LogP contribution in [0.1, 0.15) is 25.8 Å². The van der Waals surface area contributed by atoms with Crippen molar-refractivity contribution in [1.82, 2.24) is 9.97 Å². The molecular weight excluding hydrogens is 260 g/mol. The first-order valence-corrected chi connectivity index (χ1v) is 8.42. The molecular formula is C13H22N4OS. The lowest BCUT2D eigenvalue weighted by atomic mass is 10.2. The van der Waals surface area contributed by atoms with Gasteiger partial charge in [0.2, 0.25) is 0 Å². The van der Waals surface area contributed by atoms with Crippen LogP contribution in [-0.4, -0.2) is 45.3 Å². The molecule has 0 amide bonds. The standard InChI is InChI=1S/C13H22N4OS/c1-3-5-14-12-11(4-2)13(16-10-15-12)17-6-8-19(18)9-7-17/h10H,3-9H2,1-2H3,(H,14,15,16). The summed E-state index contributed by atoms with van der Waals surface area (Å²) in [5.41, 5.74) is 1.17. The van der Waals surface area contributed by atoms with E-state index in [1.54, 1.807) is 6.33 Å². The number of hydrogen-bond acceptors (Lipinski definition) is 5. The lowest BCUT2D eigenvalue weighted by Gasteiger charge is -2.29. The first-order chi connectivity index (χ1) is 9.26. The molecule has 6 heteroatoms. The van der Waals surface area contributed by atoms with E-state index in [0.717, 1.165) is 55.6 Å². The normalized spacial score (nSPS) is 16.6. The van der Waals surface area contributed by atoms with Crippen LogP contribution in [0, 0.1) is 0 Å². The van der Waals surface area contributed by atoms with Gasteiger partial charge in [-0.05, 0) is 12.8 Å². The largest absolute Gasteiger partial charge is 0.370 e. The van der Waals surface area contributed by atoms with Gasteiger partial charge >= 0.3 is 0 Å². The van der Waals surface area contributed by atoms with Crippen molar-refractivity contribution in [3.63, 3.8) is 0 Å². The first kappa shape index (κ1) is 14.2. The molecule has 1 aliphatic heterocycles. The Labute approximate surface area is 117 Å². The van der Waals surface area contributed by atoms with Gasteiger partial charge in [0, 0.05) is 47.5 Å². The number of rotatable bonds is 5. The summed E-state index contributed by atoms with van der Waals surface area (Å²) in [5, 5.41) is 3.36. The fourth-order valence-corrected chi connectivity index (χ4v) is 3.30. The van der Waals surface area contributed by atoms with E-state index in [1.165, 1.54) is 5.56 Å². The third-order valence-electron chi connectivity index (χ3n) is 3.30. The van der Waals surface area contributed by atoms with E-state index < -0.39 is 10.8 Å². The van der Waals surface area contributed by atoms with Crippen LogP contribution in [0.15, 0.2) is 6.33 Å². The van der Waals surface area contributed by atoms with E-state index in [1.807, 2.05) is 0 Å². The lowest BCUT2D eigenvalue weighted by Crippen LogP contribution is -2.39. The molecule has 1 fully saturated rings. The highest BCUT2D eigenvalue weighted by Gasteiger charge is 2.20. The molecule has 2 heterocycles. The topological polar surface area (TPSA) is 58.1 Å². The van der Waals surface area contributed by atoms with Crippen molar-refractivity contribution in [2.45, 2.75) is 26.7 Å². The summed E-state index contributed by atoms with van der Waals surface area (Å²) in [6, 6.07) is 0. The van der Waals surface area contributed by atoms with Crippen LogP contribution < -0.4 is 10.2 Å². The van der Waals surface area contributed by atoms with E-state index >= 15 is 0 Å². The van der Waals surface area contributed by atoms with Gasteiger partial charge in [-0.25, -0.2) is 9.97 Å². The van der Waals surface area contributed by atoms with Gasteiger partial charge in [0.25, 0.3) is 0 Å². The van der Waals surface area contributed by atoms with E-state index in [9.17, 15) is 4.21 Å². The third kappa shape index (κ3) is 3.43. The van der Waals surface area contributed by atoms with Crippen LogP contribution in [-0.2, 0) is 17.2 Å². The average Bonchev–Trinajstić information content (AvgIpc) is 2.45. The summed E-state index contributed by atoms with van der Waals surface area (Å²) in [4.78, 5) is 11.0. The number of aromatic nitrogens is 2. The number of nitrogens with one attached hydrogen (secondary N) is 1. The smallest absolute Gasteiger partial charge is 0.137 e. The van der Waals surface area contributed by atoms with E-state index in [4.69, 9.17) is 0 Å². The van der Waals surface area contributed by atoms with Gasteiger partial charge in [-0.15, -0.1) is 0 Å². The minimum absolute atomic E-state index is 0.654. The van der Waals surface area contributed by atoms with Crippen molar-refractivity contribution in [3.05, 3.63) is 11.9 Å². The molecule has 0 spiro atoms. The van der Waals surface area contributed by atoms with Gasteiger partial charge in [-0.2, -0.15) is 0 Å². The molecule has 0 aromatic carbocycles. The zero-order chi connectivity index (χ0) is 13.7. The maximum atomic E-state index is 11.4. The van der Waals surface area contributed by atoms with Crippen LogP contribution >= 0.6 is 0 Å². The predicted molar refractivity (Wildman–Crippen MR) is 80.3 cm³/mol. The van der Waals surface area contributed by atoms with Crippen LogP contribution in [0.3, 0.4) is 0 Å². The van der Waals surface area contributed by atoms with Crippen LogP contribution in [0.2, 0.25) is 0 Å². The molecule has 19 heavy (non-hydrogen) atoms. The summed E-state index contributed by atoms with van der Waals surface area (Å²) in [7, 11) is -0.654. The Morgan fingerprint density at radius 2 is 2.05 bits per heavy atom. The molecule has 2 rings (SSSR count). The van der Waals surface area contributed by atoms with Crippen molar-refractivity contribution in [2.24, 2.45) is 0 Å². The molecule has 1 aliphatic rings. The van der Waals surface area contributed by atoms with Gasteiger partial charge in [0.15, 0.2) is 0 Å². The van der Waals surface area contributed by atoms with E-state index in [2.05, 4.69) is 34.0 Å². The summed E-state index contributed by atoms with van der Waals surface area (Å²) in [5.74, 6) is 3.43. The molecule has 0 saturated carbocycles. The maximum Gasteiger partial charge on any atom is 0.137 e. The summed E-state index contributed by atoms with van der Waals surface area (Å²) >= 11 is 0. The predicted octanol–water partition coefficient (Wildman–Crippen LogP) is 1.43. The van der Waals surface area contributed by atoms with Crippen molar-refractivity contribution < 1.29 is 4.21 Å². The fourth-order valence-electron chi connectivity index (χ4n) is 2.25. The number of anilines is 2. The molecule has 5 nitrogen and oxygen atoms in total. The Morgan fingerprint density at radius 3 is 2.68 bits per heavy atom. The van der Waals surface area contributed by atoms with Crippen molar-refractivity contribution in [3.8, 4) is 0 Å². The highest BCUT2D eigenvalue weighted by Crippen LogP contribution is 2.24. The quantitative estimate of drug-likeness (QED) is 0.885. The van der Waals surface area contributed by atoms with Gasteiger partial charge < -0.3 is 10.2 Å². The van der Waals surface area contributed by atoms with Gasteiger partial charge in [0.05, 0.1) is 0 Å². The number of hydrogen-bond donors (Lipinski definition) is 1. The molecule has 1 aromatic heterocycles. The van der Waals surface area contributed by atoms with Crippen molar-refractivity contribution >= 4 is 22.4 Å². The third-order valence-corrected chi connectivity index (χ3v) is 4.57. The highest BCUT2D eigenvalue weighted by molar-refractivity contribution is 7.85. The Bertz CT molecular complexity index is 442.